The Bertz CT molecular complexity index is 464. The van der Waals surface area contributed by atoms with E-state index in [1.807, 2.05) is 0 Å². The first-order chi connectivity index (χ1) is 9.54. The lowest BCUT2D eigenvalue weighted by Crippen LogP contribution is -2.40. The van der Waals surface area contributed by atoms with Crippen LogP contribution in [0.5, 0.6) is 11.5 Å². The number of benzene rings is 1. The monoisotopic (exact) mass is 297 g/mol. The molecule has 1 aromatic carbocycles. The topological polar surface area (TPSA) is 69.6 Å². The number of nitrogens with one attached hydrogen (secondary N) is 1. The van der Waals surface area contributed by atoms with Crippen LogP contribution >= 0.6 is 11.6 Å². The average molecular weight is 298 g/mol. The number of aromatic hydroxyl groups is 2. The number of alkyl halides is 1. The molecule has 1 aliphatic carbocycles. The fourth-order valence-corrected chi connectivity index (χ4v) is 3.12. The van der Waals surface area contributed by atoms with Crippen molar-refractivity contribution in [2.75, 3.05) is 12.4 Å². The standard InChI is InChI=1S/C15H20ClNO3/c16-9-15(4-2-1-3-5-15)10-17-14(20)11-6-12(18)8-13(19)7-11/h6-8,18-19H,1-5,9-10H2,(H,17,20). The summed E-state index contributed by atoms with van der Waals surface area (Å²) in [6.45, 7) is 0.533. The molecule has 0 atom stereocenters. The molecule has 1 aliphatic rings. The molecule has 0 aromatic heterocycles. The van der Waals surface area contributed by atoms with Gasteiger partial charge in [0.05, 0.1) is 0 Å². The summed E-state index contributed by atoms with van der Waals surface area (Å²) in [6.07, 6.45) is 5.59. The van der Waals surface area contributed by atoms with Gasteiger partial charge >= 0.3 is 0 Å². The molecule has 1 fully saturated rings. The molecular weight excluding hydrogens is 278 g/mol. The first-order valence-electron chi connectivity index (χ1n) is 6.92. The van der Waals surface area contributed by atoms with Crippen LogP contribution in [-0.2, 0) is 0 Å². The van der Waals surface area contributed by atoms with Gasteiger partial charge in [-0.25, -0.2) is 0 Å². The van der Waals surface area contributed by atoms with Gasteiger partial charge in [-0.3, -0.25) is 4.79 Å². The molecule has 4 nitrogen and oxygen atoms in total. The van der Waals surface area contributed by atoms with Gasteiger partial charge in [0, 0.05) is 29.5 Å². The molecule has 0 heterocycles. The van der Waals surface area contributed by atoms with E-state index in [1.54, 1.807) is 0 Å². The SMILES string of the molecule is O=C(NCC1(CCl)CCCCC1)c1cc(O)cc(O)c1. The average Bonchev–Trinajstić information content (AvgIpc) is 2.45. The zero-order valence-corrected chi connectivity index (χ0v) is 12.1. The summed E-state index contributed by atoms with van der Waals surface area (Å²) in [5, 5.41) is 21.7. The van der Waals surface area contributed by atoms with E-state index in [1.165, 1.54) is 24.6 Å². The van der Waals surface area contributed by atoms with Gasteiger partial charge in [-0.1, -0.05) is 19.3 Å². The van der Waals surface area contributed by atoms with Crippen LogP contribution in [0.25, 0.3) is 0 Å². The maximum Gasteiger partial charge on any atom is 0.251 e. The fraction of sp³-hybridized carbons (Fsp3) is 0.533. The van der Waals surface area contributed by atoms with Crippen LogP contribution in [0.15, 0.2) is 18.2 Å². The summed E-state index contributed by atoms with van der Waals surface area (Å²) in [5.41, 5.74) is 0.233. The van der Waals surface area contributed by atoms with Crippen LogP contribution in [0, 0.1) is 5.41 Å². The van der Waals surface area contributed by atoms with Crippen molar-refractivity contribution in [3.63, 3.8) is 0 Å². The number of carbonyl (C=O) groups excluding carboxylic acids is 1. The predicted octanol–water partition coefficient (Wildman–Crippen LogP) is 3.02. The fourth-order valence-electron chi connectivity index (χ4n) is 2.76. The Balaban J connectivity index is 2.00. The van der Waals surface area contributed by atoms with Crippen molar-refractivity contribution >= 4 is 17.5 Å². The highest BCUT2D eigenvalue weighted by Gasteiger charge is 2.31. The number of halogens is 1. The Labute approximate surface area is 123 Å². The summed E-state index contributed by atoms with van der Waals surface area (Å²) < 4.78 is 0. The molecule has 0 bridgehead atoms. The molecule has 20 heavy (non-hydrogen) atoms. The lowest BCUT2D eigenvalue weighted by molar-refractivity contribution is 0.0920. The second-order valence-electron chi connectivity index (χ2n) is 5.62. The minimum Gasteiger partial charge on any atom is -0.508 e. The molecule has 0 aliphatic heterocycles. The van der Waals surface area contributed by atoms with Crippen LogP contribution in [-0.4, -0.2) is 28.5 Å². The van der Waals surface area contributed by atoms with E-state index in [-0.39, 0.29) is 28.4 Å². The lowest BCUT2D eigenvalue weighted by atomic mass is 9.75. The van der Waals surface area contributed by atoms with Gasteiger partial charge < -0.3 is 15.5 Å². The maximum atomic E-state index is 12.1. The van der Waals surface area contributed by atoms with E-state index in [4.69, 9.17) is 11.6 Å². The highest BCUT2D eigenvalue weighted by molar-refractivity contribution is 6.18. The highest BCUT2D eigenvalue weighted by Crippen LogP contribution is 2.36. The largest absolute Gasteiger partial charge is 0.508 e. The number of phenolic OH excluding ortho intramolecular Hbond substituents is 2. The molecule has 110 valence electrons. The van der Waals surface area contributed by atoms with E-state index in [9.17, 15) is 15.0 Å². The van der Waals surface area contributed by atoms with Crippen molar-refractivity contribution in [2.24, 2.45) is 5.41 Å². The molecule has 1 aromatic rings. The third-order valence-electron chi connectivity index (χ3n) is 3.99. The van der Waals surface area contributed by atoms with Crippen molar-refractivity contribution in [1.82, 2.24) is 5.32 Å². The van der Waals surface area contributed by atoms with Crippen molar-refractivity contribution in [1.29, 1.82) is 0 Å². The van der Waals surface area contributed by atoms with Gasteiger partial charge in [-0.15, -0.1) is 11.6 Å². The quantitative estimate of drug-likeness (QED) is 0.748. The van der Waals surface area contributed by atoms with Gasteiger partial charge in [-0.05, 0) is 25.0 Å². The van der Waals surface area contributed by atoms with Crippen molar-refractivity contribution in [3.05, 3.63) is 23.8 Å². The second-order valence-corrected chi connectivity index (χ2v) is 5.88. The molecule has 3 N–H and O–H groups in total. The van der Waals surface area contributed by atoms with E-state index < -0.39 is 0 Å². The molecule has 0 radical (unpaired) electrons. The van der Waals surface area contributed by atoms with Gasteiger partial charge in [0.1, 0.15) is 11.5 Å². The zero-order valence-electron chi connectivity index (χ0n) is 11.4. The number of amides is 1. The molecule has 5 heteroatoms. The first-order valence-corrected chi connectivity index (χ1v) is 7.45. The van der Waals surface area contributed by atoms with Crippen LogP contribution in [0.1, 0.15) is 42.5 Å². The minimum absolute atomic E-state index is 0.0195. The maximum absolute atomic E-state index is 12.1. The molecule has 2 rings (SSSR count). The summed E-state index contributed by atoms with van der Waals surface area (Å²) in [7, 11) is 0. The summed E-state index contributed by atoms with van der Waals surface area (Å²) in [4.78, 5) is 12.1. The van der Waals surface area contributed by atoms with Crippen molar-refractivity contribution in [2.45, 2.75) is 32.1 Å². The predicted molar refractivity (Wildman–Crippen MR) is 78.3 cm³/mol. The lowest BCUT2D eigenvalue weighted by Gasteiger charge is -2.35. The van der Waals surface area contributed by atoms with Gasteiger partial charge in [0.25, 0.3) is 5.91 Å². The normalized spacial score (nSPS) is 17.6. The molecule has 1 amide bonds. The number of hydrogen-bond acceptors (Lipinski definition) is 3. The first kappa shape index (κ1) is 15.0. The van der Waals surface area contributed by atoms with E-state index >= 15 is 0 Å². The van der Waals surface area contributed by atoms with Gasteiger partial charge in [0.15, 0.2) is 0 Å². The smallest absolute Gasteiger partial charge is 0.251 e. The molecule has 0 unspecified atom stereocenters. The third kappa shape index (κ3) is 3.57. The summed E-state index contributed by atoms with van der Waals surface area (Å²) in [5.74, 6) is -0.00974. The van der Waals surface area contributed by atoms with Crippen LogP contribution in [0.2, 0.25) is 0 Å². The van der Waals surface area contributed by atoms with Crippen molar-refractivity contribution < 1.29 is 15.0 Å². The minimum atomic E-state index is -0.300. The van der Waals surface area contributed by atoms with E-state index in [2.05, 4.69) is 5.32 Å². The Hall–Kier alpha value is -1.42. The van der Waals surface area contributed by atoms with Crippen LogP contribution < -0.4 is 5.32 Å². The third-order valence-corrected chi connectivity index (χ3v) is 4.55. The van der Waals surface area contributed by atoms with E-state index in [0.29, 0.717) is 12.4 Å². The molecule has 1 saturated carbocycles. The van der Waals surface area contributed by atoms with Crippen LogP contribution in [0.3, 0.4) is 0 Å². The number of rotatable bonds is 4. The zero-order chi connectivity index (χ0) is 14.6. The highest BCUT2D eigenvalue weighted by atomic mass is 35.5. The number of carbonyl (C=O) groups is 1. The number of phenols is 2. The van der Waals surface area contributed by atoms with Gasteiger partial charge in [-0.2, -0.15) is 0 Å². The Morgan fingerprint density at radius 1 is 1.15 bits per heavy atom. The molecule has 0 spiro atoms. The van der Waals surface area contributed by atoms with E-state index in [0.717, 1.165) is 25.7 Å². The van der Waals surface area contributed by atoms with Crippen LogP contribution in [0.4, 0.5) is 0 Å². The molecule has 0 saturated heterocycles. The Morgan fingerprint density at radius 3 is 2.30 bits per heavy atom. The summed E-state index contributed by atoms with van der Waals surface area (Å²) >= 11 is 6.09. The molecular formula is C15H20ClNO3. The van der Waals surface area contributed by atoms with Gasteiger partial charge in [0.2, 0.25) is 0 Å². The number of hydrogen-bond donors (Lipinski definition) is 3. The van der Waals surface area contributed by atoms with Crippen molar-refractivity contribution in [3.8, 4) is 11.5 Å². The Kier molecular flexibility index (Phi) is 4.76. The Morgan fingerprint density at radius 2 is 1.75 bits per heavy atom. The summed E-state index contributed by atoms with van der Waals surface area (Å²) in [6, 6.07) is 3.87. The second kappa shape index (κ2) is 6.35.